The summed E-state index contributed by atoms with van der Waals surface area (Å²) in [6.45, 7) is 8.55. The molecule has 4 aromatic rings. The summed E-state index contributed by atoms with van der Waals surface area (Å²) >= 11 is 0. The number of aliphatic hydroxyl groups is 1. The van der Waals surface area contributed by atoms with E-state index in [1.54, 1.807) is 10.9 Å². The molecular weight excluding hydrogens is 484 g/mol. The molecule has 0 saturated carbocycles. The zero-order valence-corrected chi connectivity index (χ0v) is 22.3. The molecule has 0 aliphatic carbocycles. The highest BCUT2D eigenvalue weighted by Gasteiger charge is 2.30. The highest BCUT2D eigenvalue weighted by atomic mass is 16.5. The fourth-order valence-electron chi connectivity index (χ4n) is 5.59. The van der Waals surface area contributed by atoms with Gasteiger partial charge >= 0.3 is 0 Å². The molecule has 2 atom stereocenters. The molecule has 0 aromatic carbocycles. The van der Waals surface area contributed by atoms with Crippen molar-refractivity contribution in [1.29, 1.82) is 0 Å². The van der Waals surface area contributed by atoms with Crippen molar-refractivity contribution < 1.29 is 14.6 Å². The van der Waals surface area contributed by atoms with Crippen LogP contribution in [-0.2, 0) is 13.6 Å². The van der Waals surface area contributed by atoms with Crippen LogP contribution in [0, 0.1) is 6.92 Å². The van der Waals surface area contributed by atoms with Gasteiger partial charge in [0.25, 0.3) is 0 Å². The standard InChI is InChI=1S/C27H34N8O3/c1-5-37-26-19-8-9-21-20-11-22(28-12-23(20)30-29-21)25-17(3)31-33(4)27(25)38-15-18-7-6-10-34(18)13-24(19)35(32-26)16(2)14-36/h8-9,11-12,16,18,36H,5-7,10,13-15H2,1-4H3,(H,29,30)/b9-8+/t16-,18+/m0/s1. The smallest absolute Gasteiger partial charge is 0.240 e. The summed E-state index contributed by atoms with van der Waals surface area (Å²) < 4.78 is 16.2. The van der Waals surface area contributed by atoms with Crippen LogP contribution in [0.2, 0.25) is 0 Å². The first-order chi connectivity index (χ1) is 18.5. The summed E-state index contributed by atoms with van der Waals surface area (Å²) in [6.07, 6.45) is 7.96. The van der Waals surface area contributed by atoms with Crippen LogP contribution in [0.3, 0.4) is 0 Å². The third-order valence-electron chi connectivity index (χ3n) is 7.55. The second-order valence-electron chi connectivity index (χ2n) is 10.1. The average molecular weight is 519 g/mol. The van der Waals surface area contributed by atoms with Crippen molar-refractivity contribution in [2.75, 3.05) is 26.4 Å². The Hall–Kier alpha value is -3.70. The number of pyridine rings is 1. The first-order valence-electron chi connectivity index (χ1n) is 13.3. The van der Waals surface area contributed by atoms with Gasteiger partial charge in [-0.25, -0.2) is 4.68 Å². The first-order valence-corrected chi connectivity index (χ1v) is 13.3. The number of aryl methyl sites for hydroxylation is 2. The van der Waals surface area contributed by atoms with Gasteiger partial charge in [0.05, 0.1) is 64.9 Å². The largest absolute Gasteiger partial charge is 0.476 e. The van der Waals surface area contributed by atoms with E-state index in [9.17, 15) is 5.11 Å². The SMILES string of the molecule is CCOc1nn([C@@H](C)CO)c2c1/C=C/c1n[nH]c3cnc(cc13)-c1c(C)nn(C)c1OC[C@H]1CCCN1C2. The number of fused-ring (bicyclic) bond motifs is 5. The maximum atomic E-state index is 10.0. The third-order valence-corrected chi connectivity index (χ3v) is 7.55. The van der Waals surface area contributed by atoms with Gasteiger partial charge in [0.2, 0.25) is 11.8 Å². The molecule has 200 valence electrons. The first kappa shape index (κ1) is 24.6. The molecule has 2 bridgehead atoms. The number of aliphatic hydroxyl groups excluding tert-OH is 1. The molecule has 0 unspecified atom stereocenters. The summed E-state index contributed by atoms with van der Waals surface area (Å²) in [7, 11) is 1.91. The number of aromatic nitrogens is 7. The second kappa shape index (κ2) is 9.88. The Labute approximate surface area is 221 Å². The molecule has 1 saturated heterocycles. The van der Waals surface area contributed by atoms with Crippen LogP contribution in [0.1, 0.15) is 55.4 Å². The Morgan fingerprint density at radius 1 is 1.29 bits per heavy atom. The normalized spacial score (nSPS) is 19.3. The van der Waals surface area contributed by atoms with Crippen molar-refractivity contribution in [2.45, 2.75) is 52.2 Å². The van der Waals surface area contributed by atoms with Gasteiger partial charge in [-0.3, -0.25) is 19.7 Å². The van der Waals surface area contributed by atoms with Gasteiger partial charge in [-0.2, -0.15) is 10.2 Å². The van der Waals surface area contributed by atoms with Gasteiger partial charge in [-0.05, 0) is 58.4 Å². The van der Waals surface area contributed by atoms with Crippen LogP contribution >= 0.6 is 0 Å². The Morgan fingerprint density at radius 3 is 2.97 bits per heavy atom. The second-order valence-corrected chi connectivity index (χ2v) is 10.1. The van der Waals surface area contributed by atoms with Crippen LogP contribution < -0.4 is 9.47 Å². The molecule has 2 aliphatic rings. The van der Waals surface area contributed by atoms with E-state index in [1.807, 2.05) is 50.7 Å². The molecule has 0 spiro atoms. The number of aromatic amines is 1. The predicted octanol–water partition coefficient (Wildman–Crippen LogP) is 3.34. The van der Waals surface area contributed by atoms with Gasteiger partial charge in [0.1, 0.15) is 6.61 Å². The molecule has 0 amide bonds. The van der Waals surface area contributed by atoms with Gasteiger partial charge in [-0.15, -0.1) is 5.10 Å². The van der Waals surface area contributed by atoms with Gasteiger partial charge in [-0.1, -0.05) is 0 Å². The average Bonchev–Trinajstić information content (AvgIpc) is 3.66. The number of nitrogens with zero attached hydrogens (tertiary/aromatic N) is 7. The van der Waals surface area contributed by atoms with Crippen LogP contribution in [-0.4, -0.2) is 77.2 Å². The Balaban J connectivity index is 1.55. The molecule has 4 aromatic heterocycles. The number of hydrogen-bond acceptors (Lipinski definition) is 8. The predicted molar refractivity (Wildman–Crippen MR) is 144 cm³/mol. The topological polar surface area (TPSA) is 119 Å². The number of nitrogens with one attached hydrogen (secondary N) is 1. The van der Waals surface area contributed by atoms with Gasteiger partial charge in [0.15, 0.2) is 0 Å². The van der Waals surface area contributed by atoms with Crippen molar-refractivity contribution in [3.8, 4) is 23.0 Å². The number of hydrogen-bond donors (Lipinski definition) is 2. The van der Waals surface area contributed by atoms with Crippen molar-refractivity contribution in [1.82, 2.24) is 39.6 Å². The quantitative estimate of drug-likeness (QED) is 0.422. The summed E-state index contributed by atoms with van der Waals surface area (Å²) in [5.74, 6) is 1.28. The van der Waals surface area contributed by atoms with Crippen molar-refractivity contribution in [3.05, 3.63) is 34.9 Å². The molecular formula is C27H34N8O3. The molecule has 6 heterocycles. The van der Waals surface area contributed by atoms with E-state index in [1.165, 1.54) is 0 Å². The number of ether oxygens (including phenoxy) is 2. The lowest BCUT2D eigenvalue weighted by molar-refractivity contribution is 0.154. The van der Waals surface area contributed by atoms with Crippen molar-refractivity contribution in [3.63, 3.8) is 0 Å². The minimum absolute atomic E-state index is 0.0155. The minimum Gasteiger partial charge on any atom is -0.476 e. The van der Waals surface area contributed by atoms with Crippen LogP contribution in [0.4, 0.5) is 0 Å². The maximum Gasteiger partial charge on any atom is 0.240 e. The van der Waals surface area contributed by atoms with E-state index >= 15 is 0 Å². The van der Waals surface area contributed by atoms with E-state index in [0.29, 0.717) is 25.6 Å². The van der Waals surface area contributed by atoms with Crippen LogP contribution in [0.15, 0.2) is 12.3 Å². The molecule has 0 radical (unpaired) electrons. The van der Waals surface area contributed by atoms with E-state index in [4.69, 9.17) is 19.6 Å². The lowest BCUT2D eigenvalue weighted by Gasteiger charge is -2.26. The fourth-order valence-corrected chi connectivity index (χ4v) is 5.59. The van der Waals surface area contributed by atoms with E-state index < -0.39 is 0 Å². The zero-order chi connectivity index (χ0) is 26.4. The van der Waals surface area contributed by atoms with Crippen LogP contribution in [0.25, 0.3) is 34.3 Å². The minimum atomic E-state index is -0.189. The fraction of sp³-hybridized carbons (Fsp3) is 0.481. The lowest BCUT2D eigenvalue weighted by Crippen LogP contribution is -2.35. The Kier molecular flexibility index (Phi) is 6.40. The summed E-state index contributed by atoms with van der Waals surface area (Å²) in [5, 5.41) is 28.1. The molecule has 2 aliphatic heterocycles. The summed E-state index contributed by atoms with van der Waals surface area (Å²) in [6, 6.07) is 2.08. The summed E-state index contributed by atoms with van der Waals surface area (Å²) in [4.78, 5) is 7.17. The maximum absolute atomic E-state index is 10.0. The van der Waals surface area contributed by atoms with E-state index in [-0.39, 0.29) is 18.7 Å². The van der Waals surface area contributed by atoms with Gasteiger partial charge < -0.3 is 14.6 Å². The number of H-pyrrole nitrogens is 1. The zero-order valence-electron chi connectivity index (χ0n) is 22.3. The Morgan fingerprint density at radius 2 is 2.16 bits per heavy atom. The van der Waals surface area contributed by atoms with Crippen molar-refractivity contribution >= 4 is 23.1 Å². The van der Waals surface area contributed by atoms with E-state index in [0.717, 1.165) is 70.1 Å². The third kappa shape index (κ3) is 4.15. The van der Waals surface area contributed by atoms with E-state index in [2.05, 4.69) is 20.2 Å². The van der Waals surface area contributed by atoms with Crippen molar-refractivity contribution in [2.24, 2.45) is 7.05 Å². The molecule has 38 heavy (non-hydrogen) atoms. The molecule has 11 nitrogen and oxygen atoms in total. The Bertz CT molecular complexity index is 1500. The van der Waals surface area contributed by atoms with Crippen LogP contribution in [0.5, 0.6) is 11.8 Å². The molecule has 11 heteroatoms. The molecule has 6 rings (SSSR count). The number of rotatable bonds is 4. The summed E-state index contributed by atoms with van der Waals surface area (Å²) in [5.41, 5.74) is 6.12. The monoisotopic (exact) mass is 518 g/mol. The molecule has 2 N–H and O–H groups in total. The highest BCUT2D eigenvalue weighted by molar-refractivity contribution is 5.92. The lowest BCUT2D eigenvalue weighted by atomic mass is 10.1. The highest BCUT2D eigenvalue weighted by Crippen LogP contribution is 2.36. The van der Waals surface area contributed by atoms with Gasteiger partial charge in [0, 0.05) is 25.0 Å². The molecule has 1 fully saturated rings.